The zero-order valence-electron chi connectivity index (χ0n) is 10.8. The van der Waals surface area contributed by atoms with Crippen LogP contribution >= 0.6 is 11.8 Å². The summed E-state index contributed by atoms with van der Waals surface area (Å²) < 4.78 is 0. The highest BCUT2D eigenvalue weighted by Gasteiger charge is 2.26. The number of carboxylic acids is 1. The summed E-state index contributed by atoms with van der Waals surface area (Å²) in [6.07, 6.45) is 3.04. The highest BCUT2D eigenvalue weighted by atomic mass is 32.2. The molecular formula is C14H16N2O2S. The summed E-state index contributed by atoms with van der Waals surface area (Å²) in [6, 6.07) is 8.11. The summed E-state index contributed by atoms with van der Waals surface area (Å²) in [7, 11) is 0. The van der Waals surface area contributed by atoms with Gasteiger partial charge >= 0.3 is 5.97 Å². The average Bonchev–Trinajstić information content (AvgIpc) is 2.85. The van der Waals surface area contributed by atoms with E-state index in [9.17, 15) is 10.1 Å². The van der Waals surface area contributed by atoms with Crippen LogP contribution in [0.15, 0.2) is 23.1 Å². The van der Waals surface area contributed by atoms with Gasteiger partial charge in [0.2, 0.25) is 0 Å². The van der Waals surface area contributed by atoms with Crippen LogP contribution in [0.1, 0.15) is 18.4 Å². The smallest absolute Gasteiger partial charge is 0.303 e. The lowest BCUT2D eigenvalue weighted by atomic mass is 10.1. The fraction of sp³-hybridized carbons (Fsp3) is 0.429. The van der Waals surface area contributed by atoms with E-state index in [0.717, 1.165) is 30.1 Å². The molecule has 4 nitrogen and oxygen atoms in total. The highest BCUT2D eigenvalue weighted by Crippen LogP contribution is 2.32. The van der Waals surface area contributed by atoms with Crippen molar-refractivity contribution in [3.05, 3.63) is 23.8 Å². The van der Waals surface area contributed by atoms with Gasteiger partial charge in [-0.1, -0.05) is 6.07 Å². The van der Waals surface area contributed by atoms with Crippen molar-refractivity contribution in [2.75, 3.05) is 24.2 Å². The van der Waals surface area contributed by atoms with Crippen molar-refractivity contribution in [1.82, 2.24) is 0 Å². The molecule has 0 aromatic heterocycles. The van der Waals surface area contributed by atoms with E-state index in [-0.39, 0.29) is 12.3 Å². The Bertz CT molecular complexity index is 525. The average molecular weight is 276 g/mol. The first kappa shape index (κ1) is 13.8. The number of thioether (sulfide) groups is 1. The third kappa shape index (κ3) is 3.02. The lowest BCUT2D eigenvalue weighted by molar-refractivity contribution is -0.137. The number of anilines is 1. The zero-order chi connectivity index (χ0) is 13.8. The van der Waals surface area contributed by atoms with Crippen molar-refractivity contribution in [2.24, 2.45) is 5.92 Å². The van der Waals surface area contributed by atoms with E-state index >= 15 is 0 Å². The molecule has 0 saturated carbocycles. The predicted molar refractivity (Wildman–Crippen MR) is 75.5 cm³/mol. The Morgan fingerprint density at radius 3 is 3.05 bits per heavy atom. The van der Waals surface area contributed by atoms with Crippen molar-refractivity contribution >= 4 is 23.4 Å². The van der Waals surface area contributed by atoms with Gasteiger partial charge in [-0.3, -0.25) is 4.79 Å². The minimum atomic E-state index is -0.745. The van der Waals surface area contributed by atoms with Crippen LogP contribution in [0.25, 0.3) is 0 Å². The summed E-state index contributed by atoms with van der Waals surface area (Å²) in [6.45, 7) is 1.54. The molecule has 1 fully saturated rings. The molecule has 0 aliphatic carbocycles. The van der Waals surface area contributed by atoms with E-state index in [1.807, 2.05) is 24.5 Å². The second-order valence-electron chi connectivity index (χ2n) is 4.66. The Hall–Kier alpha value is -1.67. The van der Waals surface area contributed by atoms with E-state index in [2.05, 4.69) is 11.0 Å². The molecule has 1 aromatic rings. The summed E-state index contributed by atoms with van der Waals surface area (Å²) in [5, 5.41) is 18.2. The number of nitrogens with zero attached hydrogens (tertiary/aromatic N) is 2. The minimum absolute atomic E-state index is 0.182. The van der Waals surface area contributed by atoms with Crippen molar-refractivity contribution in [3.63, 3.8) is 0 Å². The first-order chi connectivity index (χ1) is 9.15. The molecule has 1 aromatic carbocycles. The normalized spacial score (nSPS) is 18.3. The molecule has 2 rings (SSSR count). The molecule has 1 aliphatic heterocycles. The van der Waals surface area contributed by atoms with Crippen LogP contribution in [-0.4, -0.2) is 30.4 Å². The van der Waals surface area contributed by atoms with Gasteiger partial charge < -0.3 is 10.0 Å². The Morgan fingerprint density at radius 2 is 2.42 bits per heavy atom. The molecule has 19 heavy (non-hydrogen) atoms. The van der Waals surface area contributed by atoms with Crippen LogP contribution in [0.3, 0.4) is 0 Å². The lowest BCUT2D eigenvalue weighted by Gasteiger charge is -2.20. The van der Waals surface area contributed by atoms with E-state index < -0.39 is 5.97 Å². The maximum Gasteiger partial charge on any atom is 0.303 e. The maximum atomic E-state index is 10.7. The first-order valence-electron chi connectivity index (χ1n) is 6.19. The SMILES string of the molecule is CSc1cccc(N2CCC(CC(=O)O)C2)c1C#N. The quantitative estimate of drug-likeness (QED) is 0.856. The molecule has 0 spiro atoms. The molecule has 1 N–H and O–H groups in total. The van der Waals surface area contributed by atoms with Gasteiger partial charge in [0.15, 0.2) is 0 Å². The number of nitriles is 1. The number of carbonyl (C=O) groups is 1. The van der Waals surface area contributed by atoms with Gasteiger partial charge in [0.25, 0.3) is 0 Å². The number of rotatable bonds is 4. The van der Waals surface area contributed by atoms with Crippen molar-refractivity contribution < 1.29 is 9.90 Å². The van der Waals surface area contributed by atoms with E-state index in [1.54, 1.807) is 11.8 Å². The lowest BCUT2D eigenvalue weighted by Crippen LogP contribution is -2.21. The van der Waals surface area contributed by atoms with Gasteiger partial charge in [-0.2, -0.15) is 5.26 Å². The Labute approximate surface area is 117 Å². The number of aliphatic carboxylic acids is 1. The molecule has 100 valence electrons. The van der Waals surface area contributed by atoms with Gasteiger partial charge in [-0.15, -0.1) is 11.8 Å². The van der Waals surface area contributed by atoms with Crippen LogP contribution in [0.5, 0.6) is 0 Å². The monoisotopic (exact) mass is 276 g/mol. The summed E-state index contributed by atoms with van der Waals surface area (Å²) in [5.41, 5.74) is 1.63. The van der Waals surface area contributed by atoms with E-state index in [4.69, 9.17) is 5.11 Å². The topological polar surface area (TPSA) is 64.3 Å². The van der Waals surface area contributed by atoms with Crippen LogP contribution in [0, 0.1) is 17.2 Å². The van der Waals surface area contributed by atoms with Gasteiger partial charge in [-0.05, 0) is 30.7 Å². The maximum absolute atomic E-state index is 10.7. The Balaban J connectivity index is 2.20. The zero-order valence-corrected chi connectivity index (χ0v) is 11.6. The molecule has 1 saturated heterocycles. The number of hydrogen-bond donors (Lipinski definition) is 1. The van der Waals surface area contributed by atoms with Crippen molar-refractivity contribution in [2.45, 2.75) is 17.7 Å². The summed E-state index contributed by atoms with van der Waals surface area (Å²) in [4.78, 5) is 13.9. The fourth-order valence-corrected chi connectivity index (χ4v) is 3.10. The Morgan fingerprint density at radius 1 is 1.63 bits per heavy atom. The van der Waals surface area contributed by atoms with Crippen LogP contribution < -0.4 is 4.90 Å². The number of carboxylic acid groups (broad SMARTS) is 1. The van der Waals surface area contributed by atoms with Crippen LogP contribution in [0.2, 0.25) is 0 Å². The molecule has 0 radical (unpaired) electrons. The van der Waals surface area contributed by atoms with Crippen molar-refractivity contribution in [1.29, 1.82) is 5.26 Å². The van der Waals surface area contributed by atoms with Crippen LogP contribution in [0.4, 0.5) is 5.69 Å². The number of benzene rings is 1. The molecule has 1 aliphatic rings. The van der Waals surface area contributed by atoms with Crippen LogP contribution in [-0.2, 0) is 4.79 Å². The molecule has 1 unspecified atom stereocenters. The summed E-state index contributed by atoms with van der Waals surface area (Å²) >= 11 is 1.56. The molecule has 0 amide bonds. The standard InChI is InChI=1S/C14H16N2O2S/c1-19-13-4-2-3-12(11(13)8-15)16-6-5-10(9-16)7-14(17)18/h2-4,10H,5-7,9H2,1H3,(H,17,18). The second kappa shape index (κ2) is 5.98. The second-order valence-corrected chi connectivity index (χ2v) is 5.51. The minimum Gasteiger partial charge on any atom is -0.481 e. The first-order valence-corrected chi connectivity index (χ1v) is 7.42. The molecule has 0 bridgehead atoms. The largest absolute Gasteiger partial charge is 0.481 e. The predicted octanol–water partition coefficient (Wildman–Crippen LogP) is 2.58. The van der Waals surface area contributed by atoms with Gasteiger partial charge in [-0.25, -0.2) is 0 Å². The van der Waals surface area contributed by atoms with E-state index in [1.165, 1.54) is 0 Å². The fourth-order valence-electron chi connectivity index (χ4n) is 2.53. The molecular weight excluding hydrogens is 260 g/mol. The molecule has 5 heteroatoms. The van der Waals surface area contributed by atoms with E-state index in [0.29, 0.717) is 5.56 Å². The van der Waals surface area contributed by atoms with Gasteiger partial charge in [0.05, 0.1) is 11.3 Å². The Kier molecular flexibility index (Phi) is 4.33. The van der Waals surface area contributed by atoms with Gasteiger partial charge in [0.1, 0.15) is 6.07 Å². The van der Waals surface area contributed by atoms with Crippen molar-refractivity contribution in [3.8, 4) is 6.07 Å². The molecule has 1 atom stereocenters. The third-order valence-electron chi connectivity index (χ3n) is 3.43. The molecule has 1 heterocycles. The number of hydrogen-bond acceptors (Lipinski definition) is 4. The highest BCUT2D eigenvalue weighted by molar-refractivity contribution is 7.98. The van der Waals surface area contributed by atoms with Gasteiger partial charge in [0, 0.05) is 24.4 Å². The third-order valence-corrected chi connectivity index (χ3v) is 4.21. The summed E-state index contributed by atoms with van der Waals surface area (Å²) in [5.74, 6) is -0.563.